The molecule has 0 radical (unpaired) electrons. The first-order valence-corrected chi connectivity index (χ1v) is 8.21. The number of rotatable bonds is 3. The minimum Gasteiger partial charge on any atom is -0.424 e. The Hall–Kier alpha value is -2.36. The van der Waals surface area contributed by atoms with Crippen LogP contribution in [0.15, 0.2) is 46.9 Å². The van der Waals surface area contributed by atoms with Gasteiger partial charge in [0.15, 0.2) is 5.58 Å². The van der Waals surface area contributed by atoms with E-state index in [0.29, 0.717) is 17.6 Å². The summed E-state index contributed by atoms with van der Waals surface area (Å²) in [4.78, 5) is 4.52. The molecule has 1 heterocycles. The van der Waals surface area contributed by atoms with E-state index in [0.717, 1.165) is 16.7 Å². The average Bonchev–Trinajstić information content (AvgIpc) is 2.97. The van der Waals surface area contributed by atoms with Crippen molar-refractivity contribution in [2.45, 2.75) is 38.1 Å². The second kappa shape index (κ2) is 6.03. The van der Waals surface area contributed by atoms with Crippen LogP contribution in [0.1, 0.15) is 32.1 Å². The van der Waals surface area contributed by atoms with Crippen molar-refractivity contribution in [3.8, 4) is 11.1 Å². The van der Waals surface area contributed by atoms with Crippen LogP contribution in [0.5, 0.6) is 0 Å². The van der Waals surface area contributed by atoms with E-state index in [1.807, 2.05) is 24.3 Å². The summed E-state index contributed by atoms with van der Waals surface area (Å²) < 4.78 is 19.7. The van der Waals surface area contributed by atoms with Gasteiger partial charge in [-0.05, 0) is 36.6 Å². The first-order chi connectivity index (χ1) is 11.3. The smallest absolute Gasteiger partial charge is 0.295 e. The largest absolute Gasteiger partial charge is 0.424 e. The van der Waals surface area contributed by atoms with E-state index < -0.39 is 0 Å². The Morgan fingerprint density at radius 1 is 1.04 bits per heavy atom. The van der Waals surface area contributed by atoms with Gasteiger partial charge >= 0.3 is 0 Å². The maximum atomic E-state index is 13.9. The number of anilines is 1. The Morgan fingerprint density at radius 2 is 1.87 bits per heavy atom. The van der Waals surface area contributed by atoms with E-state index in [2.05, 4.69) is 10.3 Å². The van der Waals surface area contributed by atoms with Gasteiger partial charge in [-0.1, -0.05) is 43.5 Å². The number of hydrogen-bond donors (Lipinski definition) is 1. The van der Waals surface area contributed by atoms with Gasteiger partial charge in [-0.3, -0.25) is 0 Å². The molecule has 0 spiro atoms. The van der Waals surface area contributed by atoms with Crippen LogP contribution in [-0.4, -0.2) is 11.0 Å². The highest BCUT2D eigenvalue weighted by molar-refractivity contribution is 5.81. The zero-order valence-corrected chi connectivity index (χ0v) is 12.9. The molecule has 3 aromatic rings. The van der Waals surface area contributed by atoms with E-state index in [1.165, 1.54) is 38.2 Å². The number of nitrogens with one attached hydrogen (secondary N) is 1. The molecule has 3 nitrogen and oxygen atoms in total. The third kappa shape index (κ3) is 2.93. The van der Waals surface area contributed by atoms with Crippen LogP contribution < -0.4 is 5.32 Å². The van der Waals surface area contributed by atoms with Crippen LogP contribution in [0, 0.1) is 5.82 Å². The van der Waals surface area contributed by atoms with Crippen molar-refractivity contribution >= 4 is 17.1 Å². The quantitative estimate of drug-likeness (QED) is 0.706. The van der Waals surface area contributed by atoms with Crippen molar-refractivity contribution in [1.29, 1.82) is 0 Å². The lowest BCUT2D eigenvalue weighted by Crippen LogP contribution is -2.22. The topological polar surface area (TPSA) is 38.1 Å². The Balaban J connectivity index is 1.63. The number of oxazole rings is 1. The van der Waals surface area contributed by atoms with Gasteiger partial charge in [-0.15, -0.1) is 0 Å². The molecular formula is C19H19FN2O. The molecule has 4 rings (SSSR count). The number of hydrogen-bond acceptors (Lipinski definition) is 3. The third-order valence-corrected chi connectivity index (χ3v) is 4.51. The van der Waals surface area contributed by atoms with Crippen LogP contribution in [-0.2, 0) is 0 Å². The SMILES string of the molecule is Fc1ccccc1-c1ccc2oc(NC3CCCCC3)nc2c1. The van der Waals surface area contributed by atoms with Crippen LogP contribution >= 0.6 is 0 Å². The maximum Gasteiger partial charge on any atom is 0.295 e. The zero-order chi connectivity index (χ0) is 15.6. The lowest BCUT2D eigenvalue weighted by molar-refractivity contribution is 0.451. The van der Waals surface area contributed by atoms with Crippen molar-refractivity contribution in [2.24, 2.45) is 0 Å². The Labute approximate surface area is 134 Å². The lowest BCUT2D eigenvalue weighted by Gasteiger charge is -2.21. The molecule has 2 aromatic carbocycles. The van der Waals surface area contributed by atoms with E-state index >= 15 is 0 Å². The van der Waals surface area contributed by atoms with Gasteiger partial charge in [0.2, 0.25) is 0 Å². The van der Waals surface area contributed by atoms with E-state index in [-0.39, 0.29) is 5.82 Å². The molecule has 0 aliphatic heterocycles. The molecule has 0 amide bonds. The van der Waals surface area contributed by atoms with Gasteiger partial charge in [-0.25, -0.2) is 4.39 Å². The summed E-state index contributed by atoms with van der Waals surface area (Å²) in [6.07, 6.45) is 6.17. The van der Waals surface area contributed by atoms with Gasteiger partial charge in [0.1, 0.15) is 11.3 Å². The first-order valence-electron chi connectivity index (χ1n) is 8.21. The van der Waals surface area contributed by atoms with Crippen molar-refractivity contribution in [2.75, 3.05) is 5.32 Å². The fraction of sp³-hybridized carbons (Fsp3) is 0.316. The number of nitrogens with zero attached hydrogens (tertiary/aromatic N) is 1. The summed E-state index contributed by atoms with van der Waals surface area (Å²) >= 11 is 0. The van der Waals surface area contributed by atoms with Gasteiger partial charge in [0.25, 0.3) is 6.01 Å². The number of benzene rings is 2. The van der Waals surface area contributed by atoms with Gasteiger partial charge in [0, 0.05) is 11.6 Å². The lowest BCUT2D eigenvalue weighted by atomic mass is 9.96. The summed E-state index contributed by atoms with van der Waals surface area (Å²) in [7, 11) is 0. The molecule has 4 heteroatoms. The minimum atomic E-state index is -0.226. The van der Waals surface area contributed by atoms with Crippen molar-refractivity contribution in [3.63, 3.8) is 0 Å². The van der Waals surface area contributed by atoms with E-state index in [1.54, 1.807) is 12.1 Å². The fourth-order valence-corrected chi connectivity index (χ4v) is 3.27. The molecule has 0 atom stereocenters. The molecule has 1 aromatic heterocycles. The highest BCUT2D eigenvalue weighted by atomic mass is 19.1. The predicted octanol–water partition coefficient (Wildman–Crippen LogP) is 5.38. The number of fused-ring (bicyclic) bond motifs is 1. The molecule has 1 aliphatic rings. The van der Waals surface area contributed by atoms with Crippen LogP contribution in [0.25, 0.3) is 22.2 Å². The van der Waals surface area contributed by atoms with Gasteiger partial charge in [0.05, 0.1) is 0 Å². The molecule has 1 N–H and O–H groups in total. The minimum absolute atomic E-state index is 0.226. The molecule has 118 valence electrons. The molecule has 23 heavy (non-hydrogen) atoms. The summed E-state index contributed by atoms with van der Waals surface area (Å²) in [5.74, 6) is -0.226. The second-order valence-corrected chi connectivity index (χ2v) is 6.16. The first kappa shape index (κ1) is 14.2. The molecule has 1 fully saturated rings. The highest BCUT2D eigenvalue weighted by Gasteiger charge is 2.16. The van der Waals surface area contributed by atoms with Crippen LogP contribution in [0.4, 0.5) is 10.4 Å². The molecule has 1 saturated carbocycles. The number of aromatic nitrogens is 1. The maximum absolute atomic E-state index is 13.9. The van der Waals surface area contributed by atoms with Crippen LogP contribution in [0.2, 0.25) is 0 Å². The molecule has 1 aliphatic carbocycles. The molecular weight excluding hydrogens is 291 g/mol. The third-order valence-electron chi connectivity index (χ3n) is 4.51. The van der Waals surface area contributed by atoms with E-state index in [9.17, 15) is 4.39 Å². The summed E-state index contributed by atoms with van der Waals surface area (Å²) in [5.41, 5.74) is 2.87. The Kier molecular flexibility index (Phi) is 3.74. The van der Waals surface area contributed by atoms with Crippen molar-refractivity contribution in [1.82, 2.24) is 4.98 Å². The second-order valence-electron chi connectivity index (χ2n) is 6.16. The molecule has 0 saturated heterocycles. The van der Waals surface area contributed by atoms with Gasteiger partial charge in [-0.2, -0.15) is 4.98 Å². The predicted molar refractivity (Wildman–Crippen MR) is 89.9 cm³/mol. The van der Waals surface area contributed by atoms with E-state index in [4.69, 9.17) is 4.42 Å². The zero-order valence-electron chi connectivity index (χ0n) is 12.9. The molecule has 0 unspecified atom stereocenters. The average molecular weight is 310 g/mol. The Morgan fingerprint density at radius 3 is 2.70 bits per heavy atom. The normalized spacial score (nSPS) is 15.9. The monoisotopic (exact) mass is 310 g/mol. The van der Waals surface area contributed by atoms with Crippen molar-refractivity contribution in [3.05, 3.63) is 48.3 Å². The summed E-state index contributed by atoms with van der Waals surface area (Å²) in [5, 5.41) is 3.39. The molecule has 0 bridgehead atoms. The summed E-state index contributed by atoms with van der Waals surface area (Å²) in [6, 6.07) is 13.4. The van der Waals surface area contributed by atoms with Crippen molar-refractivity contribution < 1.29 is 8.81 Å². The Bertz CT molecular complexity index is 821. The fourth-order valence-electron chi connectivity index (χ4n) is 3.27. The highest BCUT2D eigenvalue weighted by Crippen LogP contribution is 2.29. The van der Waals surface area contributed by atoms with Gasteiger partial charge < -0.3 is 9.73 Å². The van der Waals surface area contributed by atoms with Crippen LogP contribution in [0.3, 0.4) is 0 Å². The summed E-state index contributed by atoms with van der Waals surface area (Å²) in [6.45, 7) is 0. The number of halogens is 1. The standard InChI is InChI=1S/C19H19FN2O/c20-16-9-5-4-8-15(16)13-10-11-18-17(12-13)22-19(23-18)21-14-6-2-1-3-7-14/h4-5,8-12,14H,1-3,6-7H2,(H,21,22).